The summed E-state index contributed by atoms with van der Waals surface area (Å²) in [6.07, 6.45) is 4.80. The molecular formula is C35H25N3O6. The third-order valence-electron chi connectivity index (χ3n) is 9.65. The van der Waals surface area contributed by atoms with Crippen LogP contribution in [0.15, 0.2) is 126 Å². The average Bonchev–Trinajstić information content (AvgIpc) is 3.77. The van der Waals surface area contributed by atoms with Gasteiger partial charge in [0.15, 0.2) is 0 Å². The van der Waals surface area contributed by atoms with E-state index < -0.39 is 64.2 Å². The summed E-state index contributed by atoms with van der Waals surface area (Å²) in [7, 11) is 0. The van der Waals surface area contributed by atoms with Crippen LogP contribution in [-0.4, -0.2) is 35.1 Å². The van der Waals surface area contributed by atoms with Crippen LogP contribution in [0.5, 0.6) is 0 Å². The minimum atomic E-state index is -1.69. The van der Waals surface area contributed by atoms with Crippen molar-refractivity contribution in [3.05, 3.63) is 133 Å². The maximum absolute atomic E-state index is 14.6. The molecule has 4 aromatic rings. The fraction of sp³-hybridized carbons (Fsp3) is 0.171. The van der Waals surface area contributed by atoms with Crippen LogP contribution in [0.3, 0.4) is 0 Å². The molecule has 2 bridgehead atoms. The Kier molecular flexibility index (Phi) is 5.46. The first-order valence-electron chi connectivity index (χ1n) is 14.4. The molecule has 1 aromatic heterocycles. The van der Waals surface area contributed by atoms with Gasteiger partial charge >= 0.3 is 0 Å². The number of hydrogen-bond donors (Lipinski definition) is 1. The number of furan rings is 1. The number of nitrogens with one attached hydrogen (secondary N) is 1. The van der Waals surface area contributed by atoms with Crippen molar-refractivity contribution in [3.8, 4) is 0 Å². The Morgan fingerprint density at radius 1 is 0.591 bits per heavy atom. The van der Waals surface area contributed by atoms with Gasteiger partial charge in [-0.3, -0.25) is 24.0 Å². The van der Waals surface area contributed by atoms with Crippen LogP contribution in [0, 0.1) is 23.7 Å². The van der Waals surface area contributed by atoms with Crippen LogP contribution >= 0.6 is 0 Å². The second-order valence-corrected chi connectivity index (χ2v) is 11.6. The SMILES string of the molecule is O=C(NC12C=CC(c3ccco3)([C@@H]3C(=O)N(c4ccccc4)C(=O)[C@@H]31)[C@H]1C(=O)N(c3ccccc3)C(=O)[C@H]12)c1ccccc1. The third-order valence-corrected chi connectivity index (χ3v) is 9.65. The summed E-state index contributed by atoms with van der Waals surface area (Å²) in [6.45, 7) is 0. The van der Waals surface area contributed by atoms with Crippen molar-refractivity contribution < 1.29 is 28.4 Å². The monoisotopic (exact) mass is 583 g/mol. The first kappa shape index (κ1) is 26.1. The van der Waals surface area contributed by atoms with E-state index in [0.29, 0.717) is 22.7 Å². The molecule has 0 spiro atoms. The van der Waals surface area contributed by atoms with Gasteiger partial charge in [-0.05, 0) is 48.5 Å². The number of amides is 5. The molecule has 2 aliphatic heterocycles. The molecule has 1 N–H and O–H groups in total. The lowest BCUT2D eigenvalue weighted by molar-refractivity contribution is -0.144. The number of nitrogens with zero attached hydrogens (tertiary/aromatic N) is 2. The van der Waals surface area contributed by atoms with Gasteiger partial charge in [-0.25, -0.2) is 9.80 Å². The highest BCUT2D eigenvalue weighted by molar-refractivity contribution is 6.28. The topological polar surface area (TPSA) is 117 Å². The number of hydrogen-bond acceptors (Lipinski definition) is 6. The number of benzene rings is 3. The van der Waals surface area contributed by atoms with Gasteiger partial charge < -0.3 is 9.73 Å². The molecule has 9 heteroatoms. The number of para-hydroxylation sites is 2. The van der Waals surface area contributed by atoms with Gasteiger partial charge in [0.05, 0.1) is 52.3 Å². The minimum absolute atomic E-state index is 0.300. The summed E-state index contributed by atoms with van der Waals surface area (Å²) >= 11 is 0. The zero-order chi connectivity index (χ0) is 30.2. The zero-order valence-electron chi connectivity index (χ0n) is 23.2. The van der Waals surface area contributed by atoms with Crippen LogP contribution in [0.1, 0.15) is 16.1 Å². The minimum Gasteiger partial charge on any atom is -0.468 e. The van der Waals surface area contributed by atoms with Gasteiger partial charge in [-0.1, -0.05) is 66.7 Å². The van der Waals surface area contributed by atoms with Gasteiger partial charge in [0, 0.05) is 5.56 Å². The van der Waals surface area contributed by atoms with Crippen LogP contribution in [-0.2, 0) is 24.6 Å². The van der Waals surface area contributed by atoms with E-state index in [0.717, 1.165) is 9.80 Å². The quantitative estimate of drug-likeness (QED) is 0.282. The number of imide groups is 2. The largest absolute Gasteiger partial charge is 0.468 e. The summed E-state index contributed by atoms with van der Waals surface area (Å²) < 4.78 is 5.94. The molecule has 3 fully saturated rings. The van der Waals surface area contributed by atoms with Crippen LogP contribution in [0.25, 0.3) is 0 Å². The first-order chi connectivity index (χ1) is 21.4. The highest BCUT2D eigenvalue weighted by atomic mass is 16.3. The fourth-order valence-electron chi connectivity index (χ4n) is 7.97. The third kappa shape index (κ3) is 3.21. The molecule has 2 saturated heterocycles. The summed E-state index contributed by atoms with van der Waals surface area (Å²) in [5, 5.41) is 3.03. The van der Waals surface area contributed by atoms with E-state index in [1.165, 1.54) is 6.26 Å². The van der Waals surface area contributed by atoms with Crippen LogP contribution < -0.4 is 15.1 Å². The number of allylic oxidation sites excluding steroid dienone is 1. The number of carbonyl (C=O) groups is 5. The molecule has 9 nitrogen and oxygen atoms in total. The molecule has 3 aromatic carbocycles. The van der Waals surface area contributed by atoms with E-state index in [9.17, 15) is 24.0 Å². The maximum atomic E-state index is 14.6. The van der Waals surface area contributed by atoms with Crippen molar-refractivity contribution >= 4 is 40.9 Å². The predicted octanol–water partition coefficient (Wildman–Crippen LogP) is 3.88. The van der Waals surface area contributed by atoms with E-state index in [4.69, 9.17) is 4.42 Å². The summed E-state index contributed by atoms with van der Waals surface area (Å²) in [4.78, 5) is 74.4. The lowest BCUT2D eigenvalue weighted by Crippen LogP contribution is -2.73. The van der Waals surface area contributed by atoms with Crippen LogP contribution in [0.2, 0.25) is 0 Å². The molecule has 5 amide bonds. The molecule has 44 heavy (non-hydrogen) atoms. The summed E-state index contributed by atoms with van der Waals surface area (Å²) in [6, 6.07) is 28.8. The molecule has 216 valence electrons. The molecule has 3 aliphatic carbocycles. The Hall–Kier alpha value is -5.57. The molecule has 2 unspecified atom stereocenters. The van der Waals surface area contributed by atoms with Crippen molar-refractivity contribution in [1.29, 1.82) is 0 Å². The molecule has 3 heterocycles. The van der Waals surface area contributed by atoms with Gasteiger partial charge in [-0.2, -0.15) is 0 Å². The van der Waals surface area contributed by atoms with E-state index in [-0.39, 0.29) is 0 Å². The van der Waals surface area contributed by atoms with E-state index in [2.05, 4.69) is 5.32 Å². The lowest BCUT2D eigenvalue weighted by Gasteiger charge is -2.58. The molecule has 0 radical (unpaired) electrons. The van der Waals surface area contributed by atoms with Crippen molar-refractivity contribution in [2.24, 2.45) is 23.7 Å². The highest BCUT2D eigenvalue weighted by Gasteiger charge is 2.81. The second-order valence-electron chi connectivity index (χ2n) is 11.6. The summed E-state index contributed by atoms with van der Waals surface area (Å²) in [5.41, 5.74) is -2.12. The van der Waals surface area contributed by atoms with E-state index in [1.807, 2.05) is 0 Å². The Bertz CT molecular complexity index is 1790. The average molecular weight is 584 g/mol. The van der Waals surface area contributed by atoms with Crippen LogP contribution in [0.4, 0.5) is 11.4 Å². The smallest absolute Gasteiger partial charge is 0.252 e. The standard InChI is InChI=1S/C35H25N3O6/c39-29(21-11-4-1-5-12-21)36-35-19-18-34(24-17-10-20-44-24,25-27(35)32(42)37(30(25)40)22-13-6-2-7-14-22)26-28(35)33(43)38(31(26)41)23-15-8-3-9-16-23/h1-20,25-28H,(H,36,39)/t25-,26+,27+,28-,34?,35?. The van der Waals surface area contributed by atoms with Crippen molar-refractivity contribution in [3.63, 3.8) is 0 Å². The first-order valence-corrected chi connectivity index (χ1v) is 14.4. The molecular weight excluding hydrogens is 558 g/mol. The number of carbonyl (C=O) groups excluding carboxylic acids is 5. The van der Waals surface area contributed by atoms with E-state index >= 15 is 0 Å². The van der Waals surface area contributed by atoms with Crippen molar-refractivity contribution in [1.82, 2.24) is 5.32 Å². The predicted molar refractivity (Wildman–Crippen MR) is 158 cm³/mol. The van der Waals surface area contributed by atoms with E-state index in [1.54, 1.807) is 115 Å². The summed E-state index contributed by atoms with van der Waals surface area (Å²) in [5.74, 6) is -7.09. The van der Waals surface area contributed by atoms with Gasteiger partial charge in [0.25, 0.3) is 5.91 Å². The Morgan fingerprint density at radius 3 is 1.55 bits per heavy atom. The molecule has 6 atom stereocenters. The number of rotatable bonds is 5. The maximum Gasteiger partial charge on any atom is 0.252 e. The van der Waals surface area contributed by atoms with Crippen molar-refractivity contribution in [2.45, 2.75) is 11.0 Å². The Morgan fingerprint density at radius 2 is 1.07 bits per heavy atom. The van der Waals surface area contributed by atoms with Gasteiger partial charge in [-0.15, -0.1) is 0 Å². The lowest BCUT2D eigenvalue weighted by atomic mass is 9.43. The second kappa shape index (κ2) is 9.21. The highest BCUT2D eigenvalue weighted by Crippen LogP contribution is 2.66. The fourth-order valence-corrected chi connectivity index (χ4v) is 7.97. The van der Waals surface area contributed by atoms with Gasteiger partial charge in [0.2, 0.25) is 23.6 Å². The number of anilines is 2. The normalized spacial score (nSPS) is 30.1. The van der Waals surface area contributed by atoms with Crippen molar-refractivity contribution in [2.75, 3.05) is 9.80 Å². The Balaban J connectivity index is 1.39. The molecule has 1 saturated carbocycles. The zero-order valence-corrected chi connectivity index (χ0v) is 23.2. The Labute approximate surface area is 251 Å². The van der Waals surface area contributed by atoms with Gasteiger partial charge in [0.1, 0.15) is 5.76 Å². The molecule has 5 aliphatic rings. The molecule has 9 rings (SSSR count).